The minimum absolute atomic E-state index is 0.106. The van der Waals surface area contributed by atoms with Crippen molar-refractivity contribution in [2.45, 2.75) is 33.1 Å². The molecule has 0 aliphatic carbocycles. The lowest BCUT2D eigenvalue weighted by atomic mass is 10.00. The van der Waals surface area contributed by atoms with Crippen LogP contribution in [0.1, 0.15) is 30.0 Å². The average Bonchev–Trinajstić information content (AvgIpc) is 2.61. The molecule has 0 aliphatic heterocycles. The van der Waals surface area contributed by atoms with Crippen molar-refractivity contribution in [2.75, 3.05) is 13.4 Å². The van der Waals surface area contributed by atoms with Crippen molar-refractivity contribution in [2.24, 2.45) is 0 Å². The van der Waals surface area contributed by atoms with E-state index in [1.807, 2.05) is 55.0 Å². The SMILES string of the molecule is CCc1cc(CCC(=O)NS(C)(=O)=O)cc(C)c1Oc1ccc(OC)cc1. The lowest BCUT2D eigenvalue weighted by Gasteiger charge is -2.15. The Morgan fingerprint density at radius 2 is 1.74 bits per heavy atom. The van der Waals surface area contributed by atoms with Gasteiger partial charge in [0.05, 0.1) is 13.4 Å². The van der Waals surface area contributed by atoms with Crippen LogP contribution in [0.5, 0.6) is 17.2 Å². The summed E-state index contributed by atoms with van der Waals surface area (Å²) in [7, 11) is -1.91. The van der Waals surface area contributed by atoms with E-state index in [1.165, 1.54) is 0 Å². The lowest BCUT2D eigenvalue weighted by molar-refractivity contribution is -0.119. The number of carbonyl (C=O) groups is 1. The van der Waals surface area contributed by atoms with E-state index in [9.17, 15) is 13.2 Å². The summed E-state index contributed by atoms with van der Waals surface area (Å²) in [5.41, 5.74) is 2.96. The van der Waals surface area contributed by atoms with Gasteiger partial charge < -0.3 is 9.47 Å². The van der Waals surface area contributed by atoms with E-state index in [1.54, 1.807) is 7.11 Å². The molecule has 1 N–H and O–H groups in total. The topological polar surface area (TPSA) is 81.7 Å². The van der Waals surface area contributed by atoms with Crippen LogP contribution in [0.4, 0.5) is 0 Å². The molecular weight excluding hydrogens is 366 g/mol. The fourth-order valence-corrected chi connectivity index (χ4v) is 3.27. The molecule has 0 unspecified atom stereocenters. The predicted molar refractivity (Wildman–Crippen MR) is 105 cm³/mol. The molecule has 7 heteroatoms. The van der Waals surface area contributed by atoms with Crippen LogP contribution in [0.25, 0.3) is 0 Å². The molecule has 0 fully saturated rings. The zero-order valence-corrected chi connectivity index (χ0v) is 16.9. The van der Waals surface area contributed by atoms with Crippen LogP contribution in [0.2, 0.25) is 0 Å². The number of hydrogen-bond donors (Lipinski definition) is 1. The second-order valence-corrected chi connectivity index (χ2v) is 8.08. The Hall–Kier alpha value is -2.54. The van der Waals surface area contributed by atoms with Crippen molar-refractivity contribution in [1.29, 1.82) is 0 Å². The molecular formula is C20H25NO5S. The smallest absolute Gasteiger partial charge is 0.233 e. The van der Waals surface area contributed by atoms with Gasteiger partial charge in [-0.25, -0.2) is 8.42 Å². The zero-order chi connectivity index (χ0) is 20.0. The summed E-state index contributed by atoms with van der Waals surface area (Å²) >= 11 is 0. The number of aryl methyl sites for hydroxylation is 3. The quantitative estimate of drug-likeness (QED) is 0.746. The Morgan fingerprint density at radius 1 is 1.11 bits per heavy atom. The van der Waals surface area contributed by atoms with Gasteiger partial charge in [0.1, 0.15) is 17.2 Å². The van der Waals surface area contributed by atoms with Crippen molar-refractivity contribution in [3.05, 3.63) is 53.1 Å². The van der Waals surface area contributed by atoms with E-state index < -0.39 is 15.9 Å². The number of sulfonamides is 1. The van der Waals surface area contributed by atoms with Crippen molar-refractivity contribution < 1.29 is 22.7 Å². The van der Waals surface area contributed by atoms with E-state index in [0.717, 1.165) is 40.9 Å². The van der Waals surface area contributed by atoms with Gasteiger partial charge in [0.2, 0.25) is 15.9 Å². The second-order valence-electron chi connectivity index (χ2n) is 6.33. The van der Waals surface area contributed by atoms with Crippen LogP contribution < -0.4 is 14.2 Å². The van der Waals surface area contributed by atoms with Crippen LogP contribution in [0, 0.1) is 6.92 Å². The molecule has 0 bridgehead atoms. The van der Waals surface area contributed by atoms with Gasteiger partial charge in [-0.1, -0.05) is 19.1 Å². The maximum Gasteiger partial charge on any atom is 0.233 e. The first-order chi connectivity index (χ1) is 12.7. The minimum atomic E-state index is -3.52. The molecule has 0 heterocycles. The fourth-order valence-electron chi connectivity index (χ4n) is 2.76. The largest absolute Gasteiger partial charge is 0.497 e. The number of nitrogens with one attached hydrogen (secondary N) is 1. The van der Waals surface area contributed by atoms with Gasteiger partial charge in [-0.05, 0) is 60.7 Å². The number of amides is 1. The summed E-state index contributed by atoms with van der Waals surface area (Å²) < 4.78 is 35.4. The Bertz CT molecular complexity index is 905. The predicted octanol–water partition coefficient (Wildman–Crippen LogP) is 3.37. The van der Waals surface area contributed by atoms with Crippen LogP contribution >= 0.6 is 0 Å². The molecule has 0 aromatic heterocycles. The molecule has 2 rings (SSSR count). The standard InChI is InChI=1S/C20H25NO5S/c1-5-16-13-15(6-11-19(22)21-27(4,23)24)12-14(2)20(16)26-18-9-7-17(25-3)8-10-18/h7-10,12-13H,5-6,11H2,1-4H3,(H,21,22). The van der Waals surface area contributed by atoms with E-state index in [2.05, 4.69) is 0 Å². The van der Waals surface area contributed by atoms with E-state index in [0.29, 0.717) is 12.2 Å². The van der Waals surface area contributed by atoms with Gasteiger partial charge in [0.25, 0.3) is 0 Å². The molecule has 0 atom stereocenters. The summed E-state index contributed by atoms with van der Waals surface area (Å²) in [4.78, 5) is 11.7. The fraction of sp³-hybridized carbons (Fsp3) is 0.350. The van der Waals surface area contributed by atoms with Crippen LogP contribution in [-0.2, 0) is 27.7 Å². The van der Waals surface area contributed by atoms with Crippen molar-refractivity contribution in [3.63, 3.8) is 0 Å². The van der Waals surface area contributed by atoms with Crippen molar-refractivity contribution in [1.82, 2.24) is 4.72 Å². The maximum absolute atomic E-state index is 11.7. The summed E-state index contributed by atoms with van der Waals surface area (Å²) in [6.45, 7) is 3.99. The molecule has 0 spiro atoms. The highest BCUT2D eigenvalue weighted by molar-refractivity contribution is 7.89. The first-order valence-corrected chi connectivity index (χ1v) is 10.6. The monoisotopic (exact) mass is 391 g/mol. The highest BCUT2D eigenvalue weighted by atomic mass is 32.2. The second kappa shape index (κ2) is 8.90. The third-order valence-corrected chi connectivity index (χ3v) is 4.61. The normalized spacial score (nSPS) is 11.1. The van der Waals surface area contributed by atoms with Gasteiger partial charge in [-0.3, -0.25) is 9.52 Å². The van der Waals surface area contributed by atoms with E-state index in [4.69, 9.17) is 9.47 Å². The molecule has 0 saturated heterocycles. The lowest BCUT2D eigenvalue weighted by Crippen LogP contribution is -2.29. The molecule has 27 heavy (non-hydrogen) atoms. The number of methoxy groups -OCH3 is 1. The average molecular weight is 391 g/mol. The van der Waals surface area contributed by atoms with E-state index in [-0.39, 0.29) is 6.42 Å². The van der Waals surface area contributed by atoms with Gasteiger partial charge in [-0.2, -0.15) is 0 Å². The Kier molecular flexibility index (Phi) is 6.85. The Morgan fingerprint density at radius 3 is 2.30 bits per heavy atom. The van der Waals surface area contributed by atoms with Crippen molar-refractivity contribution in [3.8, 4) is 17.2 Å². The number of hydrogen-bond acceptors (Lipinski definition) is 5. The summed E-state index contributed by atoms with van der Waals surface area (Å²) in [6.07, 6.45) is 2.30. The number of benzene rings is 2. The molecule has 0 saturated carbocycles. The highest BCUT2D eigenvalue weighted by Crippen LogP contribution is 2.32. The van der Waals surface area contributed by atoms with Gasteiger partial charge in [0, 0.05) is 6.42 Å². The summed E-state index contributed by atoms with van der Waals surface area (Å²) in [5, 5.41) is 0. The minimum Gasteiger partial charge on any atom is -0.497 e. The molecule has 0 aliphatic rings. The van der Waals surface area contributed by atoms with Crippen LogP contribution in [0.3, 0.4) is 0 Å². The molecule has 1 amide bonds. The maximum atomic E-state index is 11.7. The third kappa shape index (κ3) is 6.29. The first kappa shape index (κ1) is 20.8. The zero-order valence-electron chi connectivity index (χ0n) is 16.0. The number of ether oxygens (including phenoxy) is 2. The van der Waals surface area contributed by atoms with E-state index >= 15 is 0 Å². The number of carbonyl (C=O) groups excluding carboxylic acids is 1. The Balaban J connectivity index is 2.15. The summed E-state index contributed by atoms with van der Waals surface area (Å²) in [5.74, 6) is 1.77. The van der Waals surface area contributed by atoms with Crippen LogP contribution in [0.15, 0.2) is 36.4 Å². The molecule has 146 valence electrons. The van der Waals surface area contributed by atoms with Gasteiger partial charge >= 0.3 is 0 Å². The summed E-state index contributed by atoms with van der Waals surface area (Å²) in [6, 6.07) is 11.3. The molecule has 2 aromatic rings. The molecule has 2 aromatic carbocycles. The van der Waals surface area contributed by atoms with Gasteiger partial charge in [-0.15, -0.1) is 0 Å². The Labute approximate surface area is 160 Å². The van der Waals surface area contributed by atoms with Crippen LogP contribution in [-0.4, -0.2) is 27.7 Å². The molecule has 6 nitrogen and oxygen atoms in total. The third-order valence-electron chi connectivity index (χ3n) is 4.01. The van der Waals surface area contributed by atoms with Crippen molar-refractivity contribution >= 4 is 15.9 Å². The van der Waals surface area contributed by atoms with Gasteiger partial charge in [0.15, 0.2) is 0 Å². The number of rotatable bonds is 8. The first-order valence-electron chi connectivity index (χ1n) is 8.66. The highest BCUT2D eigenvalue weighted by Gasteiger charge is 2.12. The molecule has 0 radical (unpaired) electrons.